The molecule has 0 aromatic carbocycles. The van der Waals surface area contributed by atoms with E-state index in [1.54, 1.807) is 12.4 Å². The second-order valence-corrected chi connectivity index (χ2v) is 7.63. The smallest absolute Gasteiger partial charge is 0.278 e. The summed E-state index contributed by atoms with van der Waals surface area (Å²) in [5, 5.41) is 0. The summed E-state index contributed by atoms with van der Waals surface area (Å²) in [6, 6.07) is 0. The van der Waals surface area contributed by atoms with Gasteiger partial charge in [0.15, 0.2) is 0 Å². The zero-order valence-electron chi connectivity index (χ0n) is 18.3. The first kappa shape index (κ1) is 22.7. The first-order valence-electron chi connectivity index (χ1n) is 11.1. The van der Waals surface area contributed by atoms with Crippen molar-refractivity contribution in [2.24, 2.45) is 0 Å². The number of aromatic nitrogens is 2. The predicted octanol–water partition coefficient (Wildman–Crippen LogP) is 0.899. The quantitative estimate of drug-likeness (QED) is 0.551. The number of hydrogen-bond acceptors (Lipinski definition) is 8. The van der Waals surface area contributed by atoms with Gasteiger partial charge in [-0.2, -0.15) is 0 Å². The summed E-state index contributed by atoms with van der Waals surface area (Å²) in [6.45, 7) is 12.5. The van der Waals surface area contributed by atoms with Crippen LogP contribution in [-0.4, -0.2) is 109 Å². The molecule has 0 N–H and O–H groups in total. The van der Waals surface area contributed by atoms with Gasteiger partial charge >= 0.3 is 0 Å². The highest BCUT2D eigenvalue weighted by Gasteiger charge is 2.25. The third kappa shape index (κ3) is 6.78. The largest absolute Gasteiger partial charge is 0.472 e. The molecule has 9 nitrogen and oxygen atoms in total. The highest BCUT2D eigenvalue weighted by molar-refractivity contribution is 5.78. The van der Waals surface area contributed by atoms with Crippen molar-refractivity contribution in [1.29, 1.82) is 0 Å². The maximum absolute atomic E-state index is 12.3. The van der Waals surface area contributed by atoms with Crippen LogP contribution in [0.4, 0.5) is 0 Å². The van der Waals surface area contributed by atoms with E-state index in [0.29, 0.717) is 24.9 Å². The van der Waals surface area contributed by atoms with Crippen LogP contribution < -0.4 is 9.47 Å². The Bertz CT molecular complexity index is 644. The number of hydrogen-bond donors (Lipinski definition) is 0. The number of morpholine rings is 1. The van der Waals surface area contributed by atoms with E-state index in [2.05, 4.69) is 19.8 Å². The molecule has 168 valence electrons. The Morgan fingerprint density at radius 1 is 1.07 bits per heavy atom. The molecule has 2 saturated heterocycles. The zero-order chi connectivity index (χ0) is 21.2. The first-order chi connectivity index (χ1) is 14.7. The molecule has 2 aliphatic heterocycles. The van der Waals surface area contributed by atoms with Crippen molar-refractivity contribution >= 4 is 5.91 Å². The number of nitrogens with zero attached hydrogens (tertiary/aromatic N) is 5. The van der Waals surface area contributed by atoms with E-state index in [4.69, 9.17) is 14.2 Å². The molecule has 0 atom stereocenters. The molecule has 0 saturated carbocycles. The fourth-order valence-corrected chi connectivity index (χ4v) is 3.80. The predicted molar refractivity (Wildman–Crippen MR) is 113 cm³/mol. The number of ether oxygens (including phenoxy) is 3. The van der Waals surface area contributed by atoms with E-state index >= 15 is 0 Å². The summed E-state index contributed by atoms with van der Waals surface area (Å²) in [7, 11) is 0. The van der Waals surface area contributed by atoms with Crippen molar-refractivity contribution in [3.63, 3.8) is 0 Å². The number of amides is 1. The molecule has 0 spiro atoms. The Labute approximate surface area is 179 Å². The molecule has 1 aromatic heterocycles. The summed E-state index contributed by atoms with van der Waals surface area (Å²) in [4.78, 5) is 27.4. The van der Waals surface area contributed by atoms with Gasteiger partial charge in [-0.25, -0.2) is 9.97 Å². The molecule has 0 radical (unpaired) electrons. The van der Waals surface area contributed by atoms with Crippen LogP contribution >= 0.6 is 0 Å². The number of carbonyl (C=O) groups is 1. The monoisotopic (exact) mass is 421 g/mol. The van der Waals surface area contributed by atoms with Gasteiger partial charge in [0.2, 0.25) is 5.91 Å². The van der Waals surface area contributed by atoms with Crippen LogP contribution in [0.3, 0.4) is 0 Å². The lowest BCUT2D eigenvalue weighted by molar-refractivity contribution is -0.132. The second-order valence-electron chi connectivity index (χ2n) is 7.63. The lowest BCUT2D eigenvalue weighted by Gasteiger charge is -2.32. The summed E-state index contributed by atoms with van der Waals surface area (Å²) in [5.74, 6) is 1.10. The minimum absolute atomic E-state index is 0.0584. The molecule has 0 bridgehead atoms. The maximum atomic E-state index is 12.3. The van der Waals surface area contributed by atoms with Crippen LogP contribution in [0, 0.1) is 0 Å². The topological polar surface area (TPSA) is 80.3 Å². The van der Waals surface area contributed by atoms with Crippen LogP contribution in [0.5, 0.6) is 11.8 Å². The Balaban J connectivity index is 1.43. The van der Waals surface area contributed by atoms with E-state index in [0.717, 1.165) is 71.9 Å². The van der Waals surface area contributed by atoms with E-state index in [-0.39, 0.29) is 12.0 Å². The minimum atomic E-state index is 0.0584. The maximum Gasteiger partial charge on any atom is 0.278 e. The molecule has 0 unspecified atom stereocenters. The molecule has 2 fully saturated rings. The van der Waals surface area contributed by atoms with Crippen LogP contribution in [0.1, 0.15) is 26.7 Å². The first-order valence-corrected chi connectivity index (χ1v) is 11.1. The fraction of sp³-hybridized carbons (Fsp3) is 0.762. The molecule has 2 aliphatic rings. The molecule has 9 heteroatoms. The van der Waals surface area contributed by atoms with Gasteiger partial charge in [-0.05, 0) is 26.7 Å². The molecule has 1 aromatic rings. The van der Waals surface area contributed by atoms with Crippen LogP contribution in [0.2, 0.25) is 0 Å². The van der Waals surface area contributed by atoms with Crippen molar-refractivity contribution in [3.8, 4) is 11.8 Å². The van der Waals surface area contributed by atoms with Crippen LogP contribution in [-0.2, 0) is 9.53 Å². The van der Waals surface area contributed by atoms with Crippen molar-refractivity contribution in [2.75, 3.05) is 72.2 Å². The summed E-state index contributed by atoms with van der Waals surface area (Å²) >= 11 is 0. The Morgan fingerprint density at radius 2 is 1.73 bits per heavy atom. The lowest BCUT2D eigenvalue weighted by atomic mass is 10.1. The Morgan fingerprint density at radius 3 is 2.40 bits per heavy atom. The summed E-state index contributed by atoms with van der Waals surface area (Å²) < 4.78 is 17.4. The normalized spacial score (nSPS) is 18.9. The third-order valence-electron chi connectivity index (χ3n) is 5.67. The van der Waals surface area contributed by atoms with E-state index in [1.165, 1.54) is 0 Å². The molecule has 0 aliphatic carbocycles. The fourth-order valence-electron chi connectivity index (χ4n) is 3.80. The molecule has 1 amide bonds. The van der Waals surface area contributed by atoms with Crippen molar-refractivity contribution in [3.05, 3.63) is 12.4 Å². The van der Waals surface area contributed by atoms with Gasteiger partial charge in [0.1, 0.15) is 12.7 Å². The number of likely N-dealkylation sites (N-methyl/N-ethyl adjacent to an activating group) is 1. The number of piperidine rings is 1. The molecule has 3 heterocycles. The van der Waals surface area contributed by atoms with E-state index in [1.807, 2.05) is 18.7 Å². The van der Waals surface area contributed by atoms with Crippen molar-refractivity contribution in [2.45, 2.75) is 32.8 Å². The van der Waals surface area contributed by atoms with Gasteiger partial charge in [0, 0.05) is 58.2 Å². The lowest BCUT2D eigenvalue weighted by Crippen LogP contribution is -2.45. The van der Waals surface area contributed by atoms with Gasteiger partial charge in [0.05, 0.1) is 19.8 Å². The number of carbonyl (C=O) groups excluding carboxylic acids is 1. The average Bonchev–Trinajstić information content (AvgIpc) is 2.78. The highest BCUT2D eigenvalue weighted by atomic mass is 16.5. The van der Waals surface area contributed by atoms with E-state index in [9.17, 15) is 4.79 Å². The van der Waals surface area contributed by atoms with Gasteiger partial charge in [-0.15, -0.1) is 0 Å². The highest BCUT2D eigenvalue weighted by Crippen LogP contribution is 2.24. The van der Waals surface area contributed by atoms with E-state index < -0.39 is 0 Å². The number of rotatable bonds is 10. The molecule has 30 heavy (non-hydrogen) atoms. The summed E-state index contributed by atoms with van der Waals surface area (Å²) in [6.07, 6.45) is 5.02. The molecule has 3 rings (SSSR count). The molecular weight excluding hydrogens is 386 g/mol. The standard InChI is InChI=1S/C21H35N5O4/c1-3-26(4-2)19(27)17-25-9-5-18(6-10-25)30-21-20(22-7-8-23-21)29-16-13-24-11-14-28-15-12-24/h7-8,18H,3-6,9-17H2,1-2H3. The third-order valence-corrected chi connectivity index (χ3v) is 5.67. The van der Waals surface area contributed by atoms with Gasteiger partial charge in [0.25, 0.3) is 11.8 Å². The van der Waals surface area contributed by atoms with Gasteiger partial charge in [-0.1, -0.05) is 0 Å². The minimum Gasteiger partial charge on any atom is -0.472 e. The second kappa shape index (κ2) is 12.0. The van der Waals surface area contributed by atoms with Crippen molar-refractivity contribution in [1.82, 2.24) is 24.7 Å². The molecular formula is C21H35N5O4. The van der Waals surface area contributed by atoms with Crippen LogP contribution in [0.25, 0.3) is 0 Å². The van der Waals surface area contributed by atoms with Gasteiger partial charge < -0.3 is 19.1 Å². The average molecular weight is 422 g/mol. The Hall–Kier alpha value is -1.97. The number of likely N-dealkylation sites (tertiary alicyclic amines) is 1. The SMILES string of the molecule is CCN(CC)C(=O)CN1CCC(Oc2nccnc2OCCN2CCOCC2)CC1. The zero-order valence-corrected chi connectivity index (χ0v) is 18.3. The van der Waals surface area contributed by atoms with Crippen molar-refractivity contribution < 1.29 is 19.0 Å². The summed E-state index contributed by atoms with van der Waals surface area (Å²) in [5.41, 5.74) is 0. The Kier molecular flexibility index (Phi) is 9.10. The van der Waals surface area contributed by atoms with Gasteiger partial charge in [-0.3, -0.25) is 14.6 Å². The van der Waals surface area contributed by atoms with Crippen LogP contribution in [0.15, 0.2) is 12.4 Å².